The van der Waals surface area contributed by atoms with Crippen molar-refractivity contribution < 1.29 is 9.47 Å². The van der Waals surface area contributed by atoms with Gasteiger partial charge in [0, 0.05) is 53.6 Å². The van der Waals surface area contributed by atoms with E-state index in [0.717, 1.165) is 51.8 Å². The summed E-state index contributed by atoms with van der Waals surface area (Å²) in [6, 6.07) is 8.46. The van der Waals surface area contributed by atoms with E-state index in [-0.39, 0.29) is 24.0 Å². The quantitative estimate of drug-likeness (QED) is 0.209. The molecule has 0 aromatic heterocycles. The fraction of sp³-hybridized carbons (Fsp3) is 0.632. The van der Waals surface area contributed by atoms with Crippen LogP contribution < -0.4 is 10.6 Å². The number of hydrogen-bond acceptors (Lipinski definition) is 4. The van der Waals surface area contributed by atoms with Gasteiger partial charge in [-0.05, 0) is 31.5 Å². The van der Waals surface area contributed by atoms with Crippen molar-refractivity contribution >= 4 is 29.9 Å². The van der Waals surface area contributed by atoms with E-state index in [9.17, 15) is 0 Å². The Morgan fingerprint density at radius 3 is 2.42 bits per heavy atom. The molecule has 0 amide bonds. The predicted octanol–water partition coefficient (Wildman–Crippen LogP) is 2.47. The lowest BCUT2D eigenvalue weighted by atomic mass is 10.1. The number of ether oxygens (including phenoxy) is 2. The molecule has 7 heteroatoms. The number of rotatable bonds is 12. The van der Waals surface area contributed by atoms with Crippen LogP contribution in [-0.2, 0) is 22.6 Å². The number of methoxy groups -OCH3 is 1. The Morgan fingerprint density at radius 2 is 1.81 bits per heavy atom. The van der Waals surface area contributed by atoms with Crippen molar-refractivity contribution in [3.8, 4) is 0 Å². The molecule has 0 atom stereocenters. The molecule has 0 spiro atoms. The molecule has 0 saturated heterocycles. The molecule has 1 aromatic rings. The van der Waals surface area contributed by atoms with Crippen molar-refractivity contribution in [2.75, 3.05) is 54.1 Å². The maximum atomic E-state index is 5.41. The van der Waals surface area contributed by atoms with Crippen LogP contribution in [0.1, 0.15) is 24.5 Å². The van der Waals surface area contributed by atoms with Crippen LogP contribution in [0.4, 0.5) is 0 Å². The van der Waals surface area contributed by atoms with Gasteiger partial charge >= 0.3 is 0 Å². The minimum absolute atomic E-state index is 0. The van der Waals surface area contributed by atoms with Crippen LogP contribution in [0.15, 0.2) is 29.3 Å². The van der Waals surface area contributed by atoms with Crippen LogP contribution in [0.2, 0.25) is 0 Å². The number of nitrogens with zero attached hydrogens (tertiary/aromatic N) is 2. The number of aliphatic imine (C=N–C) groups is 1. The van der Waals surface area contributed by atoms with Crippen molar-refractivity contribution in [3.05, 3.63) is 35.4 Å². The minimum Gasteiger partial charge on any atom is -0.385 e. The monoisotopic (exact) mass is 478 g/mol. The zero-order valence-corrected chi connectivity index (χ0v) is 18.9. The molecule has 2 N–H and O–H groups in total. The SMILES string of the molecule is CCOCc1ccc(CNC(=NC)NCCN(C)CCCOC)cc1.I. The lowest BCUT2D eigenvalue weighted by molar-refractivity contribution is 0.134. The van der Waals surface area contributed by atoms with Gasteiger partial charge in [-0.15, -0.1) is 24.0 Å². The van der Waals surface area contributed by atoms with Crippen molar-refractivity contribution in [1.29, 1.82) is 0 Å². The van der Waals surface area contributed by atoms with Crippen molar-refractivity contribution in [2.45, 2.75) is 26.5 Å². The van der Waals surface area contributed by atoms with Gasteiger partial charge in [0.05, 0.1) is 6.61 Å². The summed E-state index contributed by atoms with van der Waals surface area (Å²) in [5.41, 5.74) is 2.42. The highest BCUT2D eigenvalue weighted by Crippen LogP contribution is 2.05. The van der Waals surface area contributed by atoms with Crippen molar-refractivity contribution in [3.63, 3.8) is 0 Å². The molecule has 0 aliphatic carbocycles. The smallest absolute Gasteiger partial charge is 0.191 e. The van der Waals surface area contributed by atoms with E-state index in [4.69, 9.17) is 9.47 Å². The number of guanidine groups is 1. The van der Waals surface area contributed by atoms with Crippen molar-refractivity contribution in [2.24, 2.45) is 4.99 Å². The summed E-state index contributed by atoms with van der Waals surface area (Å²) in [5.74, 6) is 0.823. The van der Waals surface area contributed by atoms with E-state index in [2.05, 4.69) is 51.8 Å². The fourth-order valence-electron chi connectivity index (χ4n) is 2.34. The van der Waals surface area contributed by atoms with Crippen LogP contribution in [0, 0.1) is 0 Å². The summed E-state index contributed by atoms with van der Waals surface area (Å²) in [6.07, 6.45) is 1.05. The van der Waals surface area contributed by atoms with Gasteiger partial charge in [-0.25, -0.2) is 0 Å². The molecule has 26 heavy (non-hydrogen) atoms. The first-order valence-electron chi connectivity index (χ1n) is 8.97. The van der Waals surface area contributed by atoms with Crippen LogP contribution in [0.3, 0.4) is 0 Å². The van der Waals surface area contributed by atoms with Crippen LogP contribution in [-0.4, -0.2) is 64.9 Å². The van der Waals surface area contributed by atoms with E-state index in [0.29, 0.717) is 6.61 Å². The van der Waals surface area contributed by atoms with Gasteiger partial charge < -0.3 is 25.0 Å². The van der Waals surface area contributed by atoms with Gasteiger partial charge in [0.25, 0.3) is 0 Å². The molecule has 0 heterocycles. The predicted molar refractivity (Wildman–Crippen MR) is 119 cm³/mol. The Labute approximate surface area is 175 Å². The molecule has 1 rings (SSSR count). The van der Waals surface area contributed by atoms with Gasteiger partial charge in [-0.1, -0.05) is 24.3 Å². The number of likely N-dealkylation sites (N-methyl/N-ethyl adjacent to an activating group) is 1. The fourth-order valence-corrected chi connectivity index (χ4v) is 2.34. The van der Waals surface area contributed by atoms with E-state index in [1.165, 1.54) is 11.1 Å². The van der Waals surface area contributed by atoms with Crippen LogP contribution >= 0.6 is 24.0 Å². The lowest BCUT2D eigenvalue weighted by Crippen LogP contribution is -2.40. The molecule has 150 valence electrons. The Bertz CT molecular complexity index is 483. The molecule has 0 aliphatic rings. The first-order chi connectivity index (χ1) is 12.2. The average molecular weight is 478 g/mol. The van der Waals surface area contributed by atoms with E-state index in [1.54, 1.807) is 14.2 Å². The molecule has 1 aromatic carbocycles. The third-order valence-corrected chi connectivity index (χ3v) is 3.85. The van der Waals surface area contributed by atoms with Crippen LogP contribution in [0.25, 0.3) is 0 Å². The Morgan fingerprint density at radius 1 is 1.12 bits per heavy atom. The third kappa shape index (κ3) is 11.7. The summed E-state index contributed by atoms with van der Waals surface area (Å²) in [6.45, 7) is 7.84. The summed E-state index contributed by atoms with van der Waals surface area (Å²) in [7, 11) is 5.66. The summed E-state index contributed by atoms with van der Waals surface area (Å²) in [4.78, 5) is 6.56. The third-order valence-electron chi connectivity index (χ3n) is 3.85. The topological polar surface area (TPSA) is 58.1 Å². The summed E-state index contributed by atoms with van der Waals surface area (Å²) < 4.78 is 10.5. The molecular weight excluding hydrogens is 443 g/mol. The zero-order valence-electron chi connectivity index (χ0n) is 16.6. The van der Waals surface area contributed by atoms with Gasteiger partial charge in [0.1, 0.15) is 0 Å². The maximum Gasteiger partial charge on any atom is 0.191 e. The first kappa shape index (κ1) is 25.1. The summed E-state index contributed by atoms with van der Waals surface area (Å²) >= 11 is 0. The molecular formula is C19H35IN4O2. The first-order valence-corrected chi connectivity index (χ1v) is 8.97. The van der Waals surface area contributed by atoms with Crippen molar-refractivity contribution in [1.82, 2.24) is 15.5 Å². The Balaban J connectivity index is 0.00000625. The molecule has 6 nitrogen and oxygen atoms in total. The normalized spacial score (nSPS) is 11.3. The minimum atomic E-state index is 0. The number of halogens is 1. The Hall–Kier alpha value is -0.900. The number of nitrogens with one attached hydrogen (secondary N) is 2. The average Bonchev–Trinajstić information content (AvgIpc) is 2.64. The van der Waals surface area contributed by atoms with Crippen LogP contribution in [0.5, 0.6) is 0 Å². The molecule has 0 radical (unpaired) electrons. The molecule has 0 fully saturated rings. The number of benzene rings is 1. The van der Waals surface area contributed by atoms with Gasteiger partial charge in [0.2, 0.25) is 0 Å². The summed E-state index contributed by atoms with van der Waals surface area (Å²) in [5, 5.41) is 6.69. The second kappa shape index (κ2) is 16.3. The molecule has 0 unspecified atom stereocenters. The van der Waals surface area contributed by atoms with Gasteiger partial charge in [-0.2, -0.15) is 0 Å². The van der Waals surface area contributed by atoms with E-state index >= 15 is 0 Å². The number of hydrogen-bond donors (Lipinski definition) is 2. The standard InChI is InChI=1S/C19H34N4O2.HI/c1-5-25-16-18-9-7-17(8-10-18)15-22-19(20-2)21-11-13-23(3)12-6-14-24-4;/h7-10H,5-6,11-16H2,1-4H3,(H2,20,21,22);1H. The largest absolute Gasteiger partial charge is 0.385 e. The Kier molecular flexibility index (Phi) is 15.7. The molecule has 0 saturated carbocycles. The van der Waals surface area contributed by atoms with E-state index < -0.39 is 0 Å². The lowest BCUT2D eigenvalue weighted by Gasteiger charge is -2.18. The van der Waals surface area contributed by atoms with Gasteiger partial charge in [0.15, 0.2) is 5.96 Å². The maximum absolute atomic E-state index is 5.41. The molecule has 0 bridgehead atoms. The molecule has 0 aliphatic heterocycles. The zero-order chi connectivity index (χ0) is 18.3. The highest BCUT2D eigenvalue weighted by Gasteiger charge is 2.01. The van der Waals surface area contributed by atoms with Gasteiger partial charge in [-0.3, -0.25) is 4.99 Å². The second-order valence-electron chi connectivity index (χ2n) is 5.96. The highest BCUT2D eigenvalue weighted by molar-refractivity contribution is 14.0. The highest BCUT2D eigenvalue weighted by atomic mass is 127. The second-order valence-corrected chi connectivity index (χ2v) is 5.96. The van der Waals surface area contributed by atoms with E-state index in [1.807, 2.05) is 6.92 Å².